The van der Waals surface area contributed by atoms with E-state index in [2.05, 4.69) is 140 Å². The summed E-state index contributed by atoms with van der Waals surface area (Å²) in [6, 6.07) is 67.9. The van der Waals surface area contributed by atoms with Crippen LogP contribution >= 0.6 is 0 Å². The largest absolute Gasteiger partial charge is 0.312 e. The van der Waals surface area contributed by atoms with E-state index in [9.17, 15) is 5.26 Å². The van der Waals surface area contributed by atoms with Gasteiger partial charge in [-0.1, -0.05) is 84.9 Å². The summed E-state index contributed by atoms with van der Waals surface area (Å²) >= 11 is 0. The Morgan fingerprint density at radius 1 is 0.421 bits per heavy atom. The molecule has 0 bridgehead atoms. The summed E-state index contributed by atoms with van der Waals surface area (Å²) in [7, 11) is 0. The van der Waals surface area contributed by atoms with E-state index in [4.69, 9.17) is 6.57 Å². The van der Waals surface area contributed by atoms with E-state index in [1.165, 1.54) is 37.8 Å². The zero-order valence-electron chi connectivity index (χ0n) is 30.6. The molecule has 0 aliphatic heterocycles. The van der Waals surface area contributed by atoms with Crippen molar-refractivity contribution in [3.8, 4) is 6.07 Å². The van der Waals surface area contributed by atoms with Crippen LogP contribution in [0.1, 0.15) is 5.56 Å². The summed E-state index contributed by atoms with van der Waals surface area (Å²) in [4.78, 5) is 8.16. The summed E-state index contributed by atoms with van der Waals surface area (Å²) < 4.78 is 2.45. The first-order valence-corrected chi connectivity index (χ1v) is 18.9. The van der Waals surface area contributed by atoms with E-state index in [0.717, 1.165) is 55.9 Å². The van der Waals surface area contributed by atoms with Crippen LogP contribution in [0.25, 0.3) is 64.5 Å². The van der Waals surface area contributed by atoms with Crippen LogP contribution in [0.15, 0.2) is 188 Å². The molecule has 57 heavy (non-hydrogen) atoms. The molecule has 0 aliphatic rings. The highest BCUT2D eigenvalue weighted by Gasteiger charge is 2.21. The second-order valence-corrected chi connectivity index (χ2v) is 14.5. The van der Waals surface area contributed by atoms with Crippen molar-refractivity contribution < 1.29 is 0 Å². The fourth-order valence-corrected chi connectivity index (χ4v) is 8.68. The molecule has 0 N–H and O–H groups in total. The summed E-state index contributed by atoms with van der Waals surface area (Å²) in [5.74, 6) is 0. The number of benzene rings is 9. The second kappa shape index (κ2) is 12.7. The van der Waals surface area contributed by atoms with Gasteiger partial charge in [-0.3, -0.25) is 0 Å². The lowest BCUT2D eigenvalue weighted by Gasteiger charge is -2.26. The van der Waals surface area contributed by atoms with E-state index < -0.39 is 0 Å². The quantitative estimate of drug-likeness (QED) is 0.160. The Hall–Kier alpha value is -8.12. The lowest BCUT2D eigenvalue weighted by Crippen LogP contribution is -2.09. The van der Waals surface area contributed by atoms with Crippen molar-refractivity contribution in [3.05, 3.63) is 205 Å². The predicted octanol–water partition coefficient (Wildman–Crippen LogP) is 14.5. The van der Waals surface area contributed by atoms with E-state index >= 15 is 0 Å². The van der Waals surface area contributed by atoms with Gasteiger partial charge in [0, 0.05) is 55.7 Å². The molecule has 0 saturated heterocycles. The van der Waals surface area contributed by atoms with Crippen molar-refractivity contribution in [2.75, 3.05) is 9.80 Å². The Balaban J connectivity index is 1.12. The highest BCUT2D eigenvalue weighted by molar-refractivity contribution is 6.26. The molecule has 11 rings (SSSR count). The number of anilines is 6. The average molecular weight is 726 g/mol. The average Bonchev–Trinajstić information content (AvgIpc) is 3.77. The van der Waals surface area contributed by atoms with E-state index in [-0.39, 0.29) is 0 Å². The van der Waals surface area contributed by atoms with Crippen LogP contribution in [-0.4, -0.2) is 4.40 Å². The number of rotatable bonds is 6. The molecule has 5 heteroatoms. The number of hydrogen-bond donors (Lipinski definition) is 0. The highest BCUT2D eigenvalue weighted by atomic mass is 15.1. The maximum absolute atomic E-state index is 9.74. The Labute approximate surface area is 328 Å². The maximum Gasteiger partial charge on any atom is 0.189 e. The molecule has 0 aliphatic carbocycles. The van der Waals surface area contributed by atoms with Crippen LogP contribution in [0.2, 0.25) is 0 Å². The lowest BCUT2D eigenvalue weighted by atomic mass is 10.0. The molecule has 0 unspecified atom stereocenters. The van der Waals surface area contributed by atoms with Crippen LogP contribution in [-0.2, 0) is 0 Å². The molecule has 2 heterocycles. The van der Waals surface area contributed by atoms with Gasteiger partial charge in [-0.25, -0.2) is 4.85 Å². The lowest BCUT2D eigenvalue weighted by molar-refractivity contribution is 1.28. The molecule has 11 aromatic rings. The van der Waals surface area contributed by atoms with Crippen LogP contribution in [0, 0.1) is 17.9 Å². The molecule has 0 atom stereocenters. The molecule has 0 radical (unpaired) electrons. The SMILES string of the molecule is [C-]#[N+]c1cccc(N(c2ccccc2)c2ccc3cc4c5cccc6c7cc8ccc(N(c9ccccc9)c9cccc(C#N)c9)cc8cc7n(c4cc3c2)c65)c1. The summed E-state index contributed by atoms with van der Waals surface area (Å²) in [5.41, 5.74) is 10.8. The van der Waals surface area contributed by atoms with Crippen LogP contribution in [0.4, 0.5) is 39.8 Å². The van der Waals surface area contributed by atoms with E-state index in [1.54, 1.807) is 0 Å². The minimum Gasteiger partial charge on any atom is -0.312 e. The molecular formula is C52H31N5. The number of hydrogen-bond acceptors (Lipinski definition) is 3. The van der Waals surface area contributed by atoms with Gasteiger partial charge >= 0.3 is 0 Å². The smallest absolute Gasteiger partial charge is 0.189 e. The number of fused-ring (bicyclic) bond motifs is 8. The monoisotopic (exact) mass is 725 g/mol. The third kappa shape index (κ3) is 5.15. The Morgan fingerprint density at radius 2 is 0.912 bits per heavy atom. The zero-order chi connectivity index (χ0) is 38.0. The van der Waals surface area contributed by atoms with Crippen LogP contribution < -0.4 is 9.80 Å². The zero-order valence-corrected chi connectivity index (χ0v) is 30.6. The Bertz CT molecular complexity index is 3220. The van der Waals surface area contributed by atoms with E-state index in [0.29, 0.717) is 11.3 Å². The molecule has 0 saturated carbocycles. The van der Waals surface area contributed by atoms with Gasteiger partial charge in [0.25, 0.3) is 0 Å². The summed E-state index contributed by atoms with van der Waals surface area (Å²) in [5, 5.41) is 19.3. The van der Waals surface area contributed by atoms with Crippen molar-refractivity contribution in [2.45, 2.75) is 0 Å². The molecule has 264 valence electrons. The predicted molar refractivity (Wildman–Crippen MR) is 236 cm³/mol. The number of para-hydroxylation sites is 3. The fourth-order valence-electron chi connectivity index (χ4n) is 8.68. The van der Waals surface area contributed by atoms with Gasteiger partial charge in [0.05, 0.1) is 34.8 Å². The highest BCUT2D eigenvalue weighted by Crippen LogP contribution is 2.44. The number of nitrogens with zero attached hydrogens (tertiary/aromatic N) is 5. The first-order chi connectivity index (χ1) is 28.1. The fraction of sp³-hybridized carbons (Fsp3) is 0. The molecule has 5 nitrogen and oxygen atoms in total. The number of nitriles is 1. The summed E-state index contributed by atoms with van der Waals surface area (Å²) in [6.07, 6.45) is 0. The van der Waals surface area contributed by atoms with Crippen LogP contribution in [0.5, 0.6) is 0 Å². The maximum atomic E-state index is 9.74. The van der Waals surface area contributed by atoms with Crippen molar-refractivity contribution in [1.82, 2.24) is 4.40 Å². The van der Waals surface area contributed by atoms with Gasteiger partial charge in [0.2, 0.25) is 0 Å². The van der Waals surface area contributed by atoms with Crippen molar-refractivity contribution in [3.63, 3.8) is 0 Å². The first-order valence-electron chi connectivity index (χ1n) is 18.9. The topological polar surface area (TPSA) is 39.0 Å². The molecule has 0 spiro atoms. The van der Waals surface area contributed by atoms with Gasteiger partial charge < -0.3 is 14.2 Å². The van der Waals surface area contributed by atoms with E-state index in [1.807, 2.05) is 72.8 Å². The standard InChI is InChI=1S/C52H31N5/c1-54-39-12-9-18-43(32-39)56(41-15-6-3-7-16-41)45-24-22-36-29-49-47-20-10-19-46-48-28-35-21-23-44(26-37(35)30-50(48)57(52(46)47)51(49)31-38(36)27-45)55(40-13-4-2-5-14-40)42-17-8-11-34(25-42)33-53/h2-32H. The van der Waals surface area contributed by atoms with Crippen molar-refractivity contribution in [2.24, 2.45) is 0 Å². The van der Waals surface area contributed by atoms with Gasteiger partial charge in [0.1, 0.15) is 0 Å². The number of aromatic nitrogens is 1. The Morgan fingerprint density at radius 3 is 1.46 bits per heavy atom. The third-order valence-electron chi connectivity index (χ3n) is 11.2. The molecule has 9 aromatic carbocycles. The normalized spacial score (nSPS) is 11.5. The molecule has 0 amide bonds. The minimum atomic E-state index is 0.605. The molecule has 0 fully saturated rings. The first kappa shape index (κ1) is 32.3. The van der Waals surface area contributed by atoms with Gasteiger partial charge in [0.15, 0.2) is 5.69 Å². The van der Waals surface area contributed by atoms with Crippen molar-refractivity contribution in [1.29, 1.82) is 5.26 Å². The van der Waals surface area contributed by atoms with Gasteiger partial charge in [-0.05, 0) is 125 Å². The Kier molecular flexibility index (Phi) is 7.22. The summed E-state index contributed by atoms with van der Waals surface area (Å²) in [6.45, 7) is 7.67. The van der Waals surface area contributed by atoms with Gasteiger partial charge in [-0.2, -0.15) is 5.26 Å². The molecular weight excluding hydrogens is 695 g/mol. The van der Waals surface area contributed by atoms with Crippen LogP contribution in [0.3, 0.4) is 0 Å². The third-order valence-corrected chi connectivity index (χ3v) is 11.2. The van der Waals surface area contributed by atoms with Gasteiger partial charge in [-0.15, -0.1) is 0 Å². The van der Waals surface area contributed by atoms with Crippen molar-refractivity contribution >= 4 is 99.5 Å². The second-order valence-electron chi connectivity index (χ2n) is 14.5. The molecule has 2 aromatic heterocycles. The minimum absolute atomic E-state index is 0.605.